The zero-order valence-electron chi connectivity index (χ0n) is 12.8. The van der Waals surface area contributed by atoms with Crippen molar-refractivity contribution in [2.75, 3.05) is 0 Å². The molecule has 3 aromatic rings. The molecule has 0 aliphatic heterocycles. The maximum Gasteiger partial charge on any atom is 0.0720 e. The zero-order chi connectivity index (χ0) is 15.2. The van der Waals surface area contributed by atoms with Crippen LogP contribution in [0.15, 0.2) is 73.2 Å². The van der Waals surface area contributed by atoms with E-state index in [1.807, 2.05) is 24.5 Å². The highest BCUT2D eigenvalue weighted by Crippen LogP contribution is 2.22. The highest BCUT2D eigenvalue weighted by molar-refractivity contribution is 5.58. The first-order chi connectivity index (χ1) is 10.8. The molecule has 1 aromatic carbocycles. The van der Waals surface area contributed by atoms with Gasteiger partial charge in [0.1, 0.15) is 0 Å². The van der Waals surface area contributed by atoms with Gasteiger partial charge in [0.25, 0.3) is 0 Å². The molecule has 3 rings (SSSR count). The van der Waals surface area contributed by atoms with Crippen molar-refractivity contribution in [3.8, 4) is 11.3 Å². The zero-order valence-corrected chi connectivity index (χ0v) is 12.8. The van der Waals surface area contributed by atoms with Crippen molar-refractivity contribution < 1.29 is 0 Å². The molecule has 1 atom stereocenters. The standard InChI is InChI=1S/C20H20N2/c1-16(18-6-3-2-4-7-18)9-10-17-11-13-22-20(14-17)19-8-5-12-21-15-19/h2-8,11-16H,9-10H2,1H3/t16-/m0/s1. The highest BCUT2D eigenvalue weighted by atomic mass is 14.7. The van der Waals surface area contributed by atoms with Gasteiger partial charge in [0, 0.05) is 24.2 Å². The Hall–Kier alpha value is -2.48. The minimum atomic E-state index is 0.566. The summed E-state index contributed by atoms with van der Waals surface area (Å²) < 4.78 is 0. The van der Waals surface area contributed by atoms with Crippen LogP contribution < -0.4 is 0 Å². The second-order valence-electron chi connectivity index (χ2n) is 5.64. The molecule has 110 valence electrons. The van der Waals surface area contributed by atoms with Gasteiger partial charge in [-0.3, -0.25) is 9.97 Å². The molecule has 0 aliphatic carbocycles. The van der Waals surface area contributed by atoms with Gasteiger partial charge in [0.2, 0.25) is 0 Å². The second-order valence-corrected chi connectivity index (χ2v) is 5.64. The van der Waals surface area contributed by atoms with Crippen LogP contribution in [-0.4, -0.2) is 9.97 Å². The summed E-state index contributed by atoms with van der Waals surface area (Å²) >= 11 is 0. The Morgan fingerprint density at radius 3 is 2.59 bits per heavy atom. The first kappa shape index (κ1) is 14.5. The van der Waals surface area contributed by atoms with Crippen LogP contribution in [0, 0.1) is 0 Å². The Morgan fingerprint density at radius 1 is 0.955 bits per heavy atom. The van der Waals surface area contributed by atoms with Gasteiger partial charge in [-0.05, 0) is 54.2 Å². The normalized spacial score (nSPS) is 12.0. The van der Waals surface area contributed by atoms with E-state index in [0.717, 1.165) is 24.1 Å². The lowest BCUT2D eigenvalue weighted by Crippen LogP contribution is -1.97. The topological polar surface area (TPSA) is 25.8 Å². The van der Waals surface area contributed by atoms with Gasteiger partial charge < -0.3 is 0 Å². The number of hydrogen-bond acceptors (Lipinski definition) is 2. The molecule has 2 heterocycles. The average Bonchev–Trinajstić information content (AvgIpc) is 2.61. The molecular formula is C20H20N2. The second kappa shape index (κ2) is 6.99. The number of aromatic nitrogens is 2. The first-order valence-electron chi connectivity index (χ1n) is 7.73. The number of pyridine rings is 2. The number of hydrogen-bond donors (Lipinski definition) is 0. The smallest absolute Gasteiger partial charge is 0.0720 e. The summed E-state index contributed by atoms with van der Waals surface area (Å²) in [6, 6.07) is 19.0. The van der Waals surface area contributed by atoms with Gasteiger partial charge in [-0.25, -0.2) is 0 Å². The average molecular weight is 288 g/mol. The van der Waals surface area contributed by atoms with E-state index in [1.54, 1.807) is 6.20 Å². The molecule has 0 aliphatic rings. The van der Waals surface area contributed by atoms with Gasteiger partial charge in [-0.15, -0.1) is 0 Å². The first-order valence-corrected chi connectivity index (χ1v) is 7.73. The maximum atomic E-state index is 4.45. The Balaban J connectivity index is 1.69. The van der Waals surface area contributed by atoms with Crippen molar-refractivity contribution in [3.63, 3.8) is 0 Å². The van der Waals surface area contributed by atoms with E-state index < -0.39 is 0 Å². The molecular weight excluding hydrogens is 268 g/mol. The van der Waals surface area contributed by atoms with Crippen molar-refractivity contribution in [1.29, 1.82) is 0 Å². The predicted molar refractivity (Wildman–Crippen MR) is 90.6 cm³/mol. The maximum absolute atomic E-state index is 4.45. The van der Waals surface area contributed by atoms with Crippen LogP contribution in [0.1, 0.15) is 30.4 Å². The lowest BCUT2D eigenvalue weighted by atomic mass is 9.94. The van der Waals surface area contributed by atoms with Crippen LogP contribution in [0.5, 0.6) is 0 Å². The molecule has 22 heavy (non-hydrogen) atoms. The van der Waals surface area contributed by atoms with Crippen LogP contribution in [0.3, 0.4) is 0 Å². The fourth-order valence-corrected chi connectivity index (χ4v) is 2.63. The fourth-order valence-electron chi connectivity index (χ4n) is 2.63. The number of aryl methyl sites for hydroxylation is 1. The third kappa shape index (κ3) is 3.59. The molecule has 0 saturated heterocycles. The van der Waals surface area contributed by atoms with Crippen molar-refractivity contribution in [2.24, 2.45) is 0 Å². The third-order valence-corrected chi connectivity index (χ3v) is 4.02. The van der Waals surface area contributed by atoms with Crippen LogP contribution in [0.25, 0.3) is 11.3 Å². The van der Waals surface area contributed by atoms with Gasteiger partial charge in [-0.1, -0.05) is 37.3 Å². The third-order valence-electron chi connectivity index (χ3n) is 4.02. The molecule has 0 saturated carbocycles. The molecule has 0 radical (unpaired) electrons. The predicted octanol–water partition coefficient (Wildman–Crippen LogP) is 4.88. The van der Waals surface area contributed by atoms with Crippen molar-refractivity contribution >= 4 is 0 Å². The van der Waals surface area contributed by atoms with Crippen LogP contribution >= 0.6 is 0 Å². The lowest BCUT2D eigenvalue weighted by Gasteiger charge is -2.12. The minimum Gasteiger partial charge on any atom is -0.264 e. The molecule has 0 bridgehead atoms. The Kier molecular flexibility index (Phi) is 4.59. The monoisotopic (exact) mass is 288 g/mol. The fraction of sp³-hybridized carbons (Fsp3) is 0.200. The van der Waals surface area contributed by atoms with E-state index in [2.05, 4.69) is 59.4 Å². The number of benzene rings is 1. The molecule has 0 fully saturated rings. The summed E-state index contributed by atoms with van der Waals surface area (Å²) in [4.78, 5) is 8.62. The summed E-state index contributed by atoms with van der Waals surface area (Å²) in [6.45, 7) is 2.29. The summed E-state index contributed by atoms with van der Waals surface area (Å²) in [5.74, 6) is 0.566. The van der Waals surface area contributed by atoms with Crippen LogP contribution in [0.4, 0.5) is 0 Å². The highest BCUT2D eigenvalue weighted by Gasteiger charge is 2.06. The summed E-state index contributed by atoms with van der Waals surface area (Å²) in [6.07, 6.45) is 7.74. The van der Waals surface area contributed by atoms with E-state index >= 15 is 0 Å². The minimum absolute atomic E-state index is 0.566. The molecule has 2 nitrogen and oxygen atoms in total. The van der Waals surface area contributed by atoms with Gasteiger partial charge in [0.15, 0.2) is 0 Å². The van der Waals surface area contributed by atoms with Gasteiger partial charge >= 0.3 is 0 Å². The van der Waals surface area contributed by atoms with Crippen molar-refractivity contribution in [2.45, 2.75) is 25.7 Å². The van der Waals surface area contributed by atoms with Crippen LogP contribution in [0.2, 0.25) is 0 Å². The van der Waals surface area contributed by atoms with Gasteiger partial charge in [-0.2, -0.15) is 0 Å². The molecule has 2 aromatic heterocycles. The quantitative estimate of drug-likeness (QED) is 0.668. The van der Waals surface area contributed by atoms with E-state index in [1.165, 1.54) is 11.1 Å². The Labute approximate surface area is 131 Å². The molecule has 0 unspecified atom stereocenters. The van der Waals surface area contributed by atoms with Crippen LogP contribution in [-0.2, 0) is 6.42 Å². The summed E-state index contributed by atoms with van der Waals surface area (Å²) in [5.41, 5.74) is 4.80. The summed E-state index contributed by atoms with van der Waals surface area (Å²) in [7, 11) is 0. The van der Waals surface area contributed by atoms with E-state index in [9.17, 15) is 0 Å². The molecule has 0 spiro atoms. The SMILES string of the molecule is C[C@@H](CCc1ccnc(-c2cccnc2)c1)c1ccccc1. The van der Waals surface area contributed by atoms with Gasteiger partial charge in [0.05, 0.1) is 5.69 Å². The largest absolute Gasteiger partial charge is 0.264 e. The summed E-state index contributed by atoms with van der Waals surface area (Å²) in [5, 5.41) is 0. The number of nitrogens with zero attached hydrogens (tertiary/aromatic N) is 2. The van der Waals surface area contributed by atoms with E-state index in [4.69, 9.17) is 0 Å². The van der Waals surface area contributed by atoms with E-state index in [-0.39, 0.29) is 0 Å². The van der Waals surface area contributed by atoms with E-state index in [0.29, 0.717) is 5.92 Å². The molecule has 0 N–H and O–H groups in total. The molecule has 0 amide bonds. The lowest BCUT2D eigenvalue weighted by molar-refractivity contribution is 0.679. The van der Waals surface area contributed by atoms with Crippen molar-refractivity contribution in [1.82, 2.24) is 9.97 Å². The molecule has 2 heteroatoms. The number of rotatable bonds is 5. The Bertz CT molecular complexity index is 708. The van der Waals surface area contributed by atoms with Crippen molar-refractivity contribution in [3.05, 3.63) is 84.3 Å². The Morgan fingerprint density at radius 2 is 1.82 bits per heavy atom.